The first-order valence-electron chi connectivity index (χ1n) is 6.97. The van der Waals surface area contributed by atoms with E-state index >= 15 is 0 Å². The fourth-order valence-corrected chi connectivity index (χ4v) is 2.65. The fraction of sp³-hybridized carbons (Fsp3) is 0.294. The van der Waals surface area contributed by atoms with Crippen molar-refractivity contribution in [3.8, 4) is 0 Å². The lowest BCUT2D eigenvalue weighted by molar-refractivity contribution is 0.544. The van der Waals surface area contributed by atoms with Crippen LogP contribution >= 0.6 is 15.9 Å². The van der Waals surface area contributed by atoms with Gasteiger partial charge in [-0.1, -0.05) is 25.1 Å². The Balaban J connectivity index is 2.44. The lowest BCUT2D eigenvalue weighted by Crippen LogP contribution is -2.24. The molecule has 21 heavy (non-hydrogen) atoms. The summed E-state index contributed by atoms with van der Waals surface area (Å²) in [4.78, 5) is 0. The maximum Gasteiger partial charge on any atom is 0.137 e. The normalized spacial score (nSPS) is 12.4. The molecule has 0 radical (unpaired) electrons. The van der Waals surface area contributed by atoms with E-state index in [2.05, 4.69) is 28.2 Å². The van der Waals surface area contributed by atoms with E-state index in [4.69, 9.17) is 0 Å². The summed E-state index contributed by atoms with van der Waals surface area (Å²) in [6.45, 7) is 4.67. The molecule has 0 heterocycles. The van der Waals surface area contributed by atoms with E-state index in [1.165, 1.54) is 12.1 Å². The highest BCUT2D eigenvalue weighted by molar-refractivity contribution is 9.10. The number of benzene rings is 2. The van der Waals surface area contributed by atoms with Crippen molar-refractivity contribution in [2.75, 3.05) is 6.54 Å². The second-order valence-corrected chi connectivity index (χ2v) is 5.94. The molecule has 0 aliphatic heterocycles. The van der Waals surface area contributed by atoms with Crippen molar-refractivity contribution in [1.82, 2.24) is 5.32 Å². The van der Waals surface area contributed by atoms with Crippen molar-refractivity contribution < 1.29 is 8.78 Å². The summed E-state index contributed by atoms with van der Waals surface area (Å²) in [7, 11) is 0. The van der Waals surface area contributed by atoms with Gasteiger partial charge in [0.05, 0.1) is 10.5 Å². The zero-order valence-electron chi connectivity index (χ0n) is 12.1. The van der Waals surface area contributed by atoms with E-state index in [-0.39, 0.29) is 17.7 Å². The van der Waals surface area contributed by atoms with E-state index in [0.717, 1.165) is 24.1 Å². The first-order chi connectivity index (χ1) is 10.0. The number of hydrogen-bond acceptors (Lipinski definition) is 1. The first kappa shape index (κ1) is 16.1. The van der Waals surface area contributed by atoms with Gasteiger partial charge in [0, 0.05) is 5.56 Å². The Bertz CT molecular complexity index is 628. The molecule has 4 heteroatoms. The summed E-state index contributed by atoms with van der Waals surface area (Å²) >= 11 is 3.19. The molecule has 0 fully saturated rings. The number of aryl methyl sites for hydroxylation is 1. The second-order valence-electron chi connectivity index (χ2n) is 5.09. The molecule has 1 N–H and O–H groups in total. The van der Waals surface area contributed by atoms with Gasteiger partial charge in [-0.25, -0.2) is 8.78 Å². The van der Waals surface area contributed by atoms with Crippen LogP contribution in [0.5, 0.6) is 0 Å². The number of nitrogens with one attached hydrogen (secondary N) is 1. The highest BCUT2D eigenvalue weighted by atomic mass is 79.9. The van der Waals surface area contributed by atoms with Gasteiger partial charge in [0.15, 0.2) is 0 Å². The maximum absolute atomic E-state index is 14.3. The number of halogens is 3. The van der Waals surface area contributed by atoms with Crippen molar-refractivity contribution in [1.29, 1.82) is 0 Å². The van der Waals surface area contributed by atoms with Gasteiger partial charge in [-0.2, -0.15) is 0 Å². The van der Waals surface area contributed by atoms with E-state index in [1.807, 2.05) is 13.0 Å². The zero-order valence-corrected chi connectivity index (χ0v) is 13.7. The summed E-state index contributed by atoms with van der Waals surface area (Å²) in [5.74, 6) is -0.568. The molecule has 112 valence electrons. The predicted octanol–water partition coefficient (Wildman–Crippen LogP) is 5.12. The quantitative estimate of drug-likeness (QED) is 0.785. The molecule has 0 aromatic heterocycles. The molecule has 0 saturated heterocycles. The van der Waals surface area contributed by atoms with Crippen molar-refractivity contribution in [3.63, 3.8) is 0 Å². The molecule has 2 rings (SSSR count). The van der Waals surface area contributed by atoms with Crippen LogP contribution in [0.15, 0.2) is 40.9 Å². The Morgan fingerprint density at radius 1 is 1.10 bits per heavy atom. The Morgan fingerprint density at radius 2 is 1.86 bits per heavy atom. The summed E-state index contributed by atoms with van der Waals surface area (Å²) in [5, 5.41) is 3.33. The Kier molecular flexibility index (Phi) is 5.48. The number of hydrogen-bond donors (Lipinski definition) is 1. The summed E-state index contributed by atoms with van der Waals surface area (Å²) in [6, 6.07) is 9.69. The molecular weight excluding hydrogens is 336 g/mol. The van der Waals surface area contributed by atoms with Crippen LogP contribution in [-0.2, 0) is 0 Å². The Labute approximate surface area is 132 Å². The van der Waals surface area contributed by atoms with Crippen LogP contribution in [0.2, 0.25) is 0 Å². The van der Waals surface area contributed by atoms with Gasteiger partial charge in [0.2, 0.25) is 0 Å². The standard InChI is InChI=1S/C17H18BrF2N/c1-3-8-21-17(12-5-7-15(19)14(18)10-12)13-6-4-11(2)9-16(13)20/h4-7,9-10,17,21H,3,8H2,1-2H3. The lowest BCUT2D eigenvalue weighted by Gasteiger charge is -2.21. The van der Waals surface area contributed by atoms with Gasteiger partial charge in [0.25, 0.3) is 0 Å². The van der Waals surface area contributed by atoms with Crippen LogP contribution < -0.4 is 5.32 Å². The van der Waals surface area contributed by atoms with E-state index in [9.17, 15) is 8.78 Å². The molecule has 2 aromatic rings. The van der Waals surface area contributed by atoms with Crippen LogP contribution in [0.25, 0.3) is 0 Å². The predicted molar refractivity (Wildman–Crippen MR) is 85.4 cm³/mol. The average molecular weight is 354 g/mol. The van der Waals surface area contributed by atoms with Crippen molar-refractivity contribution in [2.24, 2.45) is 0 Å². The molecule has 1 unspecified atom stereocenters. The smallest absolute Gasteiger partial charge is 0.137 e. The minimum absolute atomic E-state index is 0.246. The zero-order chi connectivity index (χ0) is 15.4. The van der Waals surface area contributed by atoms with Gasteiger partial charge in [0.1, 0.15) is 11.6 Å². The van der Waals surface area contributed by atoms with Gasteiger partial charge < -0.3 is 5.32 Å². The Morgan fingerprint density at radius 3 is 2.48 bits per heavy atom. The highest BCUT2D eigenvalue weighted by Crippen LogP contribution is 2.28. The first-order valence-corrected chi connectivity index (χ1v) is 7.76. The summed E-state index contributed by atoms with van der Waals surface area (Å²) < 4.78 is 28.1. The van der Waals surface area contributed by atoms with Gasteiger partial charge >= 0.3 is 0 Å². The third-order valence-corrected chi connectivity index (χ3v) is 3.95. The monoisotopic (exact) mass is 353 g/mol. The number of rotatable bonds is 5. The van der Waals surface area contributed by atoms with Crippen molar-refractivity contribution in [3.05, 3.63) is 69.2 Å². The third kappa shape index (κ3) is 3.89. The maximum atomic E-state index is 14.3. The van der Waals surface area contributed by atoms with Gasteiger partial charge in [-0.05, 0) is 65.1 Å². The van der Waals surface area contributed by atoms with Crippen LogP contribution in [0.1, 0.15) is 36.1 Å². The fourth-order valence-electron chi connectivity index (χ4n) is 2.25. The third-order valence-electron chi connectivity index (χ3n) is 3.34. The lowest BCUT2D eigenvalue weighted by atomic mass is 9.97. The molecule has 1 nitrogen and oxygen atoms in total. The van der Waals surface area contributed by atoms with E-state index in [1.54, 1.807) is 18.2 Å². The van der Waals surface area contributed by atoms with Crippen LogP contribution in [-0.4, -0.2) is 6.54 Å². The SMILES string of the molecule is CCCNC(c1ccc(F)c(Br)c1)c1ccc(C)cc1F. The molecule has 0 aliphatic carbocycles. The van der Waals surface area contributed by atoms with Gasteiger partial charge in [-0.15, -0.1) is 0 Å². The average Bonchev–Trinajstić information content (AvgIpc) is 2.44. The van der Waals surface area contributed by atoms with Crippen LogP contribution in [0, 0.1) is 18.6 Å². The minimum Gasteiger partial charge on any atom is -0.306 e. The topological polar surface area (TPSA) is 12.0 Å². The Hall–Kier alpha value is -1.26. The molecule has 0 amide bonds. The van der Waals surface area contributed by atoms with Crippen LogP contribution in [0.4, 0.5) is 8.78 Å². The molecule has 1 atom stereocenters. The van der Waals surface area contributed by atoms with Crippen molar-refractivity contribution >= 4 is 15.9 Å². The van der Waals surface area contributed by atoms with Crippen LogP contribution in [0.3, 0.4) is 0 Å². The van der Waals surface area contributed by atoms with E-state index < -0.39 is 0 Å². The molecule has 0 aliphatic rings. The second kappa shape index (κ2) is 7.14. The van der Waals surface area contributed by atoms with Crippen molar-refractivity contribution in [2.45, 2.75) is 26.3 Å². The largest absolute Gasteiger partial charge is 0.306 e. The summed E-state index contributed by atoms with van der Waals surface area (Å²) in [6.07, 6.45) is 0.937. The molecule has 2 aromatic carbocycles. The van der Waals surface area contributed by atoms with Gasteiger partial charge in [-0.3, -0.25) is 0 Å². The summed E-state index contributed by atoms with van der Waals surface area (Å²) in [5.41, 5.74) is 2.29. The molecule has 0 spiro atoms. The molecule has 0 bridgehead atoms. The molecular formula is C17H18BrF2N. The molecule has 0 saturated carbocycles. The van der Waals surface area contributed by atoms with E-state index in [0.29, 0.717) is 10.0 Å². The highest BCUT2D eigenvalue weighted by Gasteiger charge is 2.18. The minimum atomic E-state index is -0.322.